The SMILES string of the molecule is Cc1cc(C(=O)N2CCN(C=O)CC2)nc(NCCc2ccc(F)cc2)n1. The first-order valence-corrected chi connectivity index (χ1v) is 8.88. The summed E-state index contributed by atoms with van der Waals surface area (Å²) in [4.78, 5) is 35.5. The van der Waals surface area contributed by atoms with Crippen LogP contribution in [0.3, 0.4) is 0 Å². The highest BCUT2D eigenvalue weighted by atomic mass is 19.1. The summed E-state index contributed by atoms with van der Waals surface area (Å²) in [6.07, 6.45) is 1.49. The fourth-order valence-electron chi connectivity index (χ4n) is 2.92. The molecule has 3 rings (SSSR count). The van der Waals surface area contributed by atoms with Crippen LogP contribution in [0.25, 0.3) is 0 Å². The van der Waals surface area contributed by atoms with Gasteiger partial charge in [-0.2, -0.15) is 0 Å². The van der Waals surface area contributed by atoms with Crippen LogP contribution in [0.5, 0.6) is 0 Å². The van der Waals surface area contributed by atoms with Gasteiger partial charge in [0.2, 0.25) is 12.4 Å². The molecule has 1 aliphatic heterocycles. The van der Waals surface area contributed by atoms with Crippen molar-refractivity contribution in [3.05, 3.63) is 53.1 Å². The Labute approximate surface area is 157 Å². The van der Waals surface area contributed by atoms with Crippen molar-refractivity contribution in [2.75, 3.05) is 38.0 Å². The average molecular weight is 371 g/mol. The number of carbonyl (C=O) groups excluding carboxylic acids is 2. The topological polar surface area (TPSA) is 78.4 Å². The van der Waals surface area contributed by atoms with E-state index in [9.17, 15) is 14.0 Å². The zero-order valence-electron chi connectivity index (χ0n) is 15.2. The van der Waals surface area contributed by atoms with Crippen LogP contribution in [0.2, 0.25) is 0 Å². The van der Waals surface area contributed by atoms with Gasteiger partial charge >= 0.3 is 0 Å². The maximum atomic E-state index is 12.9. The molecule has 2 aromatic rings. The molecular formula is C19H22FN5O2. The van der Waals surface area contributed by atoms with E-state index in [4.69, 9.17) is 0 Å². The Kier molecular flexibility index (Phi) is 5.95. The molecule has 142 valence electrons. The summed E-state index contributed by atoms with van der Waals surface area (Å²) in [5.41, 5.74) is 2.04. The predicted octanol–water partition coefficient (Wildman–Crippen LogP) is 1.49. The van der Waals surface area contributed by atoms with Gasteiger partial charge in [-0.05, 0) is 37.1 Å². The number of hydrogen-bond acceptors (Lipinski definition) is 5. The molecule has 2 amide bonds. The van der Waals surface area contributed by atoms with Gasteiger partial charge < -0.3 is 15.1 Å². The Hall–Kier alpha value is -3.03. The van der Waals surface area contributed by atoms with Crippen molar-refractivity contribution < 1.29 is 14.0 Å². The van der Waals surface area contributed by atoms with Crippen molar-refractivity contribution >= 4 is 18.3 Å². The molecule has 0 aliphatic carbocycles. The number of nitrogens with zero attached hydrogens (tertiary/aromatic N) is 4. The Morgan fingerprint density at radius 2 is 1.89 bits per heavy atom. The van der Waals surface area contributed by atoms with E-state index in [1.807, 2.05) is 6.92 Å². The molecule has 1 aromatic heterocycles. The molecule has 1 saturated heterocycles. The second kappa shape index (κ2) is 8.57. The number of benzene rings is 1. The standard InChI is InChI=1S/C19H22FN5O2/c1-14-12-17(18(27)25-10-8-24(13-26)9-11-25)23-19(22-14)21-7-6-15-2-4-16(20)5-3-15/h2-5,12-13H,6-11H2,1H3,(H,21,22,23). The lowest BCUT2D eigenvalue weighted by Gasteiger charge is -2.32. The van der Waals surface area contributed by atoms with Gasteiger partial charge in [0.15, 0.2) is 0 Å². The highest BCUT2D eigenvalue weighted by Gasteiger charge is 2.23. The zero-order valence-corrected chi connectivity index (χ0v) is 15.2. The van der Waals surface area contributed by atoms with Crippen LogP contribution in [0.1, 0.15) is 21.7 Å². The molecule has 2 heterocycles. The number of anilines is 1. The number of aromatic nitrogens is 2. The van der Waals surface area contributed by atoms with Gasteiger partial charge in [0, 0.05) is 38.4 Å². The van der Waals surface area contributed by atoms with E-state index >= 15 is 0 Å². The van der Waals surface area contributed by atoms with Crippen LogP contribution < -0.4 is 5.32 Å². The van der Waals surface area contributed by atoms with Crippen molar-refractivity contribution in [3.8, 4) is 0 Å². The zero-order chi connectivity index (χ0) is 19.2. The Morgan fingerprint density at radius 3 is 2.56 bits per heavy atom. The van der Waals surface area contributed by atoms with Gasteiger partial charge in [0.05, 0.1) is 0 Å². The number of amides is 2. The fraction of sp³-hybridized carbons (Fsp3) is 0.368. The van der Waals surface area contributed by atoms with E-state index in [1.165, 1.54) is 12.1 Å². The van der Waals surface area contributed by atoms with Crippen molar-refractivity contribution in [2.45, 2.75) is 13.3 Å². The van der Waals surface area contributed by atoms with Crippen LogP contribution in [-0.4, -0.2) is 64.8 Å². The first-order chi connectivity index (χ1) is 13.0. The summed E-state index contributed by atoms with van der Waals surface area (Å²) >= 11 is 0. The van der Waals surface area contributed by atoms with Crippen LogP contribution in [-0.2, 0) is 11.2 Å². The maximum absolute atomic E-state index is 12.9. The molecule has 1 aliphatic rings. The average Bonchev–Trinajstić information content (AvgIpc) is 2.68. The molecule has 8 heteroatoms. The molecule has 0 saturated carbocycles. The molecular weight excluding hydrogens is 349 g/mol. The quantitative estimate of drug-likeness (QED) is 0.779. The molecule has 7 nitrogen and oxygen atoms in total. The monoisotopic (exact) mass is 371 g/mol. The normalized spacial score (nSPS) is 14.1. The number of nitrogens with one attached hydrogen (secondary N) is 1. The second-order valence-electron chi connectivity index (χ2n) is 6.45. The van der Waals surface area contributed by atoms with Gasteiger partial charge in [-0.1, -0.05) is 12.1 Å². The van der Waals surface area contributed by atoms with Gasteiger partial charge in [-0.25, -0.2) is 14.4 Å². The Bertz CT molecular complexity index is 804. The van der Waals surface area contributed by atoms with Crippen molar-refractivity contribution in [3.63, 3.8) is 0 Å². The lowest BCUT2D eigenvalue weighted by molar-refractivity contribution is -0.119. The fourth-order valence-corrected chi connectivity index (χ4v) is 2.92. The first kappa shape index (κ1) is 18.8. The van der Waals surface area contributed by atoms with Crippen LogP contribution in [0.15, 0.2) is 30.3 Å². The van der Waals surface area contributed by atoms with Crippen LogP contribution in [0, 0.1) is 12.7 Å². The number of aryl methyl sites for hydroxylation is 1. The summed E-state index contributed by atoms with van der Waals surface area (Å²) in [5, 5.41) is 3.12. The third kappa shape index (κ3) is 4.99. The lowest BCUT2D eigenvalue weighted by Crippen LogP contribution is -2.48. The number of rotatable bonds is 6. The van der Waals surface area contributed by atoms with Crippen molar-refractivity contribution in [2.24, 2.45) is 0 Å². The predicted molar refractivity (Wildman–Crippen MR) is 98.9 cm³/mol. The van der Waals surface area contributed by atoms with Crippen molar-refractivity contribution in [1.29, 1.82) is 0 Å². The van der Waals surface area contributed by atoms with Crippen LogP contribution in [0.4, 0.5) is 10.3 Å². The van der Waals surface area contributed by atoms with Gasteiger partial charge in [0.25, 0.3) is 5.91 Å². The third-order valence-corrected chi connectivity index (χ3v) is 4.43. The van der Waals surface area contributed by atoms with E-state index in [2.05, 4.69) is 15.3 Å². The van der Waals surface area contributed by atoms with E-state index in [0.29, 0.717) is 56.5 Å². The molecule has 1 N–H and O–H groups in total. The summed E-state index contributed by atoms with van der Waals surface area (Å²) in [6.45, 7) is 4.43. The first-order valence-electron chi connectivity index (χ1n) is 8.88. The molecule has 0 spiro atoms. The molecule has 0 radical (unpaired) electrons. The number of piperazine rings is 1. The summed E-state index contributed by atoms with van der Waals surface area (Å²) in [5.74, 6) is -0.0227. The smallest absolute Gasteiger partial charge is 0.272 e. The van der Waals surface area contributed by atoms with E-state index in [0.717, 1.165) is 12.0 Å². The van der Waals surface area contributed by atoms with Gasteiger partial charge in [-0.15, -0.1) is 0 Å². The molecule has 1 fully saturated rings. The van der Waals surface area contributed by atoms with Gasteiger partial charge in [-0.3, -0.25) is 9.59 Å². The highest BCUT2D eigenvalue weighted by Crippen LogP contribution is 2.11. The Morgan fingerprint density at radius 1 is 1.19 bits per heavy atom. The number of halogens is 1. The summed E-state index contributed by atoms with van der Waals surface area (Å²) in [6, 6.07) is 8.00. The lowest BCUT2D eigenvalue weighted by atomic mass is 10.1. The van der Waals surface area contributed by atoms with Crippen molar-refractivity contribution in [1.82, 2.24) is 19.8 Å². The van der Waals surface area contributed by atoms with E-state index in [-0.39, 0.29) is 11.7 Å². The van der Waals surface area contributed by atoms with E-state index in [1.54, 1.807) is 28.0 Å². The minimum atomic E-state index is -0.258. The maximum Gasteiger partial charge on any atom is 0.272 e. The molecule has 27 heavy (non-hydrogen) atoms. The minimum absolute atomic E-state index is 0.160. The number of carbonyl (C=O) groups is 2. The minimum Gasteiger partial charge on any atom is -0.354 e. The number of hydrogen-bond donors (Lipinski definition) is 1. The highest BCUT2D eigenvalue weighted by molar-refractivity contribution is 5.92. The summed E-state index contributed by atoms with van der Waals surface area (Å²) < 4.78 is 12.9. The second-order valence-corrected chi connectivity index (χ2v) is 6.45. The largest absolute Gasteiger partial charge is 0.354 e. The van der Waals surface area contributed by atoms with Crippen LogP contribution >= 0.6 is 0 Å². The molecule has 0 atom stereocenters. The third-order valence-electron chi connectivity index (χ3n) is 4.43. The summed E-state index contributed by atoms with van der Waals surface area (Å²) in [7, 11) is 0. The molecule has 0 bridgehead atoms. The molecule has 1 aromatic carbocycles. The van der Waals surface area contributed by atoms with Gasteiger partial charge in [0.1, 0.15) is 11.5 Å². The molecule has 0 unspecified atom stereocenters. The van der Waals surface area contributed by atoms with E-state index < -0.39 is 0 Å². The Balaban J connectivity index is 1.60.